The largest absolute Gasteiger partial charge is 0.396 e. The summed E-state index contributed by atoms with van der Waals surface area (Å²) in [6, 6.07) is -0.197. The Kier molecular flexibility index (Phi) is 5.15. The molecule has 1 aliphatic heterocycles. The molecule has 1 saturated heterocycles. The summed E-state index contributed by atoms with van der Waals surface area (Å²) < 4.78 is 5.32. The van der Waals surface area contributed by atoms with Crippen LogP contribution in [0.1, 0.15) is 32.1 Å². The fourth-order valence-corrected chi connectivity index (χ4v) is 2.18. The van der Waals surface area contributed by atoms with Crippen LogP contribution in [0.4, 0.5) is 0 Å². The van der Waals surface area contributed by atoms with E-state index in [9.17, 15) is 9.59 Å². The molecule has 19 heavy (non-hydrogen) atoms. The molecule has 0 aromatic rings. The van der Waals surface area contributed by atoms with Crippen LogP contribution in [0.2, 0.25) is 0 Å². The number of hydrogen-bond donors (Lipinski definition) is 2. The highest BCUT2D eigenvalue weighted by Gasteiger charge is 2.35. The molecule has 0 aromatic carbocycles. The van der Waals surface area contributed by atoms with Gasteiger partial charge in [0, 0.05) is 25.6 Å². The molecule has 2 aliphatic rings. The number of ether oxygens (including phenoxy) is 1. The number of hydrogen-bond acceptors (Lipinski definition) is 4. The zero-order valence-electron chi connectivity index (χ0n) is 11.1. The molecule has 2 rings (SSSR count). The van der Waals surface area contributed by atoms with Gasteiger partial charge < -0.3 is 20.1 Å². The molecule has 0 spiro atoms. The van der Waals surface area contributed by atoms with Gasteiger partial charge >= 0.3 is 0 Å². The minimum Gasteiger partial charge on any atom is -0.396 e. The Morgan fingerprint density at radius 2 is 2.11 bits per heavy atom. The summed E-state index contributed by atoms with van der Waals surface area (Å²) in [5, 5.41) is 11.6. The number of nitrogens with zero attached hydrogens (tertiary/aromatic N) is 1. The van der Waals surface area contributed by atoms with Crippen molar-refractivity contribution in [2.45, 2.75) is 44.2 Å². The molecule has 1 heterocycles. The van der Waals surface area contributed by atoms with Gasteiger partial charge in [-0.3, -0.25) is 9.59 Å². The lowest BCUT2D eigenvalue weighted by Crippen LogP contribution is -2.56. The van der Waals surface area contributed by atoms with Crippen LogP contribution in [0.25, 0.3) is 0 Å². The van der Waals surface area contributed by atoms with Crippen molar-refractivity contribution in [2.75, 3.05) is 26.4 Å². The molecule has 1 unspecified atom stereocenters. The number of rotatable bonds is 6. The fourth-order valence-electron chi connectivity index (χ4n) is 2.18. The van der Waals surface area contributed by atoms with E-state index in [0.29, 0.717) is 38.5 Å². The molecule has 1 atom stereocenters. The number of unbranched alkanes of at least 4 members (excludes halogenated alkanes) is 1. The Labute approximate surface area is 113 Å². The second-order valence-corrected chi connectivity index (χ2v) is 5.14. The number of morpholine rings is 1. The zero-order valence-corrected chi connectivity index (χ0v) is 11.1. The van der Waals surface area contributed by atoms with Crippen molar-refractivity contribution in [1.82, 2.24) is 10.2 Å². The van der Waals surface area contributed by atoms with E-state index < -0.39 is 6.04 Å². The number of amides is 2. The Bertz CT molecular complexity index is 331. The van der Waals surface area contributed by atoms with Crippen molar-refractivity contribution >= 4 is 11.8 Å². The van der Waals surface area contributed by atoms with Gasteiger partial charge in [0.05, 0.1) is 13.2 Å². The maximum absolute atomic E-state index is 12.1. The SMILES string of the molecule is O=C(NC1CC1)C1COCCN1C(=O)CCCCO. The monoisotopic (exact) mass is 270 g/mol. The molecule has 6 nitrogen and oxygen atoms in total. The standard InChI is InChI=1S/C13H22N2O4/c16-7-2-1-3-12(17)15-6-8-19-9-11(15)13(18)14-10-4-5-10/h10-11,16H,1-9H2,(H,14,18). The Hall–Kier alpha value is -1.14. The molecular weight excluding hydrogens is 248 g/mol. The first kappa shape index (κ1) is 14.3. The third-order valence-electron chi connectivity index (χ3n) is 3.47. The van der Waals surface area contributed by atoms with Crippen molar-refractivity contribution in [2.24, 2.45) is 0 Å². The van der Waals surface area contributed by atoms with E-state index in [1.165, 1.54) is 0 Å². The summed E-state index contributed by atoms with van der Waals surface area (Å²) in [5.41, 5.74) is 0. The Morgan fingerprint density at radius 3 is 2.79 bits per heavy atom. The molecular formula is C13H22N2O4. The number of aliphatic hydroxyl groups is 1. The van der Waals surface area contributed by atoms with Crippen LogP contribution in [0.15, 0.2) is 0 Å². The lowest BCUT2D eigenvalue weighted by atomic mass is 10.1. The Morgan fingerprint density at radius 1 is 1.32 bits per heavy atom. The van der Waals surface area contributed by atoms with Crippen molar-refractivity contribution in [3.05, 3.63) is 0 Å². The number of aliphatic hydroxyl groups excluding tert-OH is 1. The minimum atomic E-state index is -0.490. The van der Waals surface area contributed by atoms with Gasteiger partial charge in [0.2, 0.25) is 11.8 Å². The average molecular weight is 270 g/mol. The van der Waals surface area contributed by atoms with Gasteiger partial charge in [-0.1, -0.05) is 0 Å². The smallest absolute Gasteiger partial charge is 0.245 e. The van der Waals surface area contributed by atoms with E-state index in [2.05, 4.69) is 5.32 Å². The van der Waals surface area contributed by atoms with Crippen LogP contribution in [-0.4, -0.2) is 60.3 Å². The highest BCUT2D eigenvalue weighted by atomic mass is 16.5. The second kappa shape index (κ2) is 6.86. The maximum Gasteiger partial charge on any atom is 0.245 e. The normalized spacial score (nSPS) is 23.2. The van der Waals surface area contributed by atoms with Crippen molar-refractivity contribution < 1.29 is 19.4 Å². The molecule has 2 amide bonds. The van der Waals surface area contributed by atoms with Gasteiger partial charge in [-0.2, -0.15) is 0 Å². The molecule has 1 aliphatic carbocycles. The van der Waals surface area contributed by atoms with E-state index in [-0.39, 0.29) is 25.0 Å². The summed E-state index contributed by atoms with van der Waals surface area (Å²) in [4.78, 5) is 25.8. The van der Waals surface area contributed by atoms with E-state index in [1.807, 2.05) is 0 Å². The molecule has 2 N–H and O–H groups in total. The quantitative estimate of drug-likeness (QED) is 0.647. The predicted molar refractivity (Wildman–Crippen MR) is 68.4 cm³/mol. The predicted octanol–water partition coefficient (Wildman–Crippen LogP) is -0.345. The van der Waals surface area contributed by atoms with Gasteiger partial charge in [-0.25, -0.2) is 0 Å². The van der Waals surface area contributed by atoms with E-state index in [4.69, 9.17) is 9.84 Å². The molecule has 108 valence electrons. The molecule has 0 aromatic heterocycles. The molecule has 0 bridgehead atoms. The summed E-state index contributed by atoms with van der Waals surface area (Å²) in [7, 11) is 0. The first-order valence-electron chi connectivity index (χ1n) is 7.01. The number of carbonyl (C=O) groups excluding carboxylic acids is 2. The lowest BCUT2D eigenvalue weighted by Gasteiger charge is -2.34. The van der Waals surface area contributed by atoms with Crippen LogP contribution in [0.3, 0.4) is 0 Å². The molecule has 2 fully saturated rings. The number of nitrogens with one attached hydrogen (secondary N) is 1. The van der Waals surface area contributed by atoms with E-state index in [1.54, 1.807) is 4.90 Å². The fraction of sp³-hybridized carbons (Fsp3) is 0.846. The molecule has 6 heteroatoms. The van der Waals surface area contributed by atoms with Crippen molar-refractivity contribution in [3.63, 3.8) is 0 Å². The van der Waals surface area contributed by atoms with Gasteiger partial charge in [0.1, 0.15) is 6.04 Å². The summed E-state index contributed by atoms with van der Waals surface area (Å²) in [6.07, 6.45) is 3.72. The van der Waals surface area contributed by atoms with Gasteiger partial charge in [-0.05, 0) is 25.7 Å². The maximum atomic E-state index is 12.1. The van der Waals surface area contributed by atoms with Gasteiger partial charge in [0.25, 0.3) is 0 Å². The minimum absolute atomic E-state index is 0.0207. The van der Waals surface area contributed by atoms with Crippen molar-refractivity contribution in [3.8, 4) is 0 Å². The third kappa shape index (κ3) is 4.18. The molecule has 0 radical (unpaired) electrons. The van der Waals surface area contributed by atoms with Gasteiger partial charge in [-0.15, -0.1) is 0 Å². The first-order valence-corrected chi connectivity index (χ1v) is 7.01. The highest BCUT2D eigenvalue weighted by Crippen LogP contribution is 2.20. The van der Waals surface area contributed by atoms with E-state index >= 15 is 0 Å². The van der Waals surface area contributed by atoms with Crippen LogP contribution < -0.4 is 5.32 Å². The Balaban J connectivity index is 1.86. The zero-order chi connectivity index (χ0) is 13.7. The highest BCUT2D eigenvalue weighted by molar-refractivity contribution is 5.88. The van der Waals surface area contributed by atoms with Crippen LogP contribution in [0.5, 0.6) is 0 Å². The number of carbonyl (C=O) groups is 2. The van der Waals surface area contributed by atoms with Crippen LogP contribution in [0, 0.1) is 0 Å². The lowest BCUT2D eigenvalue weighted by molar-refractivity contribution is -0.148. The second-order valence-electron chi connectivity index (χ2n) is 5.14. The summed E-state index contributed by atoms with van der Waals surface area (Å²) >= 11 is 0. The first-order chi connectivity index (χ1) is 9.22. The summed E-state index contributed by atoms with van der Waals surface area (Å²) in [5.74, 6) is -0.120. The summed E-state index contributed by atoms with van der Waals surface area (Å²) in [6.45, 7) is 1.34. The molecule has 1 saturated carbocycles. The average Bonchev–Trinajstić information content (AvgIpc) is 3.23. The topological polar surface area (TPSA) is 78.9 Å². The van der Waals surface area contributed by atoms with Crippen LogP contribution >= 0.6 is 0 Å². The van der Waals surface area contributed by atoms with E-state index in [0.717, 1.165) is 12.8 Å². The van der Waals surface area contributed by atoms with Gasteiger partial charge in [0.15, 0.2) is 0 Å². The van der Waals surface area contributed by atoms with Crippen molar-refractivity contribution in [1.29, 1.82) is 0 Å². The van der Waals surface area contributed by atoms with Crippen LogP contribution in [-0.2, 0) is 14.3 Å². The third-order valence-corrected chi connectivity index (χ3v) is 3.47.